The monoisotopic (exact) mass is 419 g/mol. The summed E-state index contributed by atoms with van der Waals surface area (Å²) < 4.78 is 10.6. The molecule has 1 aliphatic carbocycles. The fraction of sp³-hybridized carbons (Fsp3) is 0.450. The van der Waals surface area contributed by atoms with Crippen molar-refractivity contribution >= 4 is 35.0 Å². The molecule has 2 atom stereocenters. The van der Waals surface area contributed by atoms with E-state index in [4.69, 9.17) is 21.1 Å². The molecule has 3 N–H and O–H groups in total. The SMILES string of the molecule is COc1ccc(Nc2ncc(Cl)c(N[C@@H]3CCCC[C@H]3NC(C)=O)n2)c(OC)c1. The first-order valence-electron chi connectivity index (χ1n) is 9.55. The quantitative estimate of drug-likeness (QED) is 0.628. The molecule has 1 heterocycles. The van der Waals surface area contributed by atoms with Crippen LogP contribution in [0.2, 0.25) is 5.02 Å². The third-order valence-corrected chi connectivity index (χ3v) is 5.15. The average molecular weight is 420 g/mol. The molecule has 0 radical (unpaired) electrons. The van der Waals surface area contributed by atoms with Gasteiger partial charge in [0.1, 0.15) is 16.5 Å². The zero-order valence-electron chi connectivity index (χ0n) is 16.8. The van der Waals surface area contributed by atoms with Gasteiger partial charge in [-0.25, -0.2) is 4.98 Å². The second-order valence-electron chi connectivity index (χ2n) is 6.92. The number of hydrogen-bond donors (Lipinski definition) is 3. The number of benzene rings is 1. The molecule has 1 amide bonds. The molecule has 2 aromatic rings. The molecule has 8 nitrogen and oxygen atoms in total. The van der Waals surface area contributed by atoms with Gasteiger partial charge >= 0.3 is 0 Å². The van der Waals surface area contributed by atoms with Crippen molar-refractivity contribution in [1.82, 2.24) is 15.3 Å². The van der Waals surface area contributed by atoms with Crippen molar-refractivity contribution in [1.29, 1.82) is 0 Å². The molecule has 0 saturated heterocycles. The van der Waals surface area contributed by atoms with E-state index < -0.39 is 0 Å². The number of nitrogens with zero attached hydrogens (tertiary/aromatic N) is 2. The summed E-state index contributed by atoms with van der Waals surface area (Å²) in [5, 5.41) is 9.98. The predicted molar refractivity (Wildman–Crippen MR) is 113 cm³/mol. The van der Waals surface area contributed by atoms with E-state index in [-0.39, 0.29) is 18.0 Å². The number of ether oxygens (including phenoxy) is 2. The summed E-state index contributed by atoms with van der Waals surface area (Å²) >= 11 is 6.33. The molecule has 3 rings (SSSR count). The largest absolute Gasteiger partial charge is 0.497 e. The number of methoxy groups -OCH3 is 2. The van der Waals surface area contributed by atoms with Crippen LogP contribution in [0.25, 0.3) is 0 Å². The highest BCUT2D eigenvalue weighted by Crippen LogP contribution is 2.32. The van der Waals surface area contributed by atoms with Crippen LogP contribution in [0.5, 0.6) is 11.5 Å². The summed E-state index contributed by atoms with van der Waals surface area (Å²) in [6, 6.07) is 5.53. The van der Waals surface area contributed by atoms with E-state index in [0.29, 0.717) is 34.0 Å². The van der Waals surface area contributed by atoms with Crippen molar-refractivity contribution in [3.8, 4) is 11.5 Å². The first-order valence-corrected chi connectivity index (χ1v) is 9.93. The van der Waals surface area contributed by atoms with Gasteiger partial charge in [-0.3, -0.25) is 4.79 Å². The molecular weight excluding hydrogens is 394 g/mol. The van der Waals surface area contributed by atoms with E-state index in [0.717, 1.165) is 25.7 Å². The van der Waals surface area contributed by atoms with Gasteiger partial charge in [0.05, 0.1) is 26.1 Å². The third-order valence-electron chi connectivity index (χ3n) is 4.88. The lowest BCUT2D eigenvalue weighted by Gasteiger charge is -2.33. The molecule has 1 aromatic carbocycles. The third kappa shape index (κ3) is 5.41. The number of hydrogen-bond acceptors (Lipinski definition) is 7. The van der Waals surface area contributed by atoms with Gasteiger partial charge in [-0.1, -0.05) is 24.4 Å². The fourth-order valence-electron chi connectivity index (χ4n) is 3.46. The fourth-order valence-corrected chi connectivity index (χ4v) is 3.61. The lowest BCUT2D eigenvalue weighted by Crippen LogP contribution is -2.48. The number of rotatable bonds is 7. The molecule has 0 aliphatic heterocycles. The maximum atomic E-state index is 11.5. The van der Waals surface area contributed by atoms with Crippen LogP contribution in [-0.2, 0) is 4.79 Å². The highest BCUT2D eigenvalue weighted by atomic mass is 35.5. The van der Waals surface area contributed by atoms with Crippen LogP contribution in [0.1, 0.15) is 32.6 Å². The second kappa shape index (κ2) is 9.65. The van der Waals surface area contributed by atoms with Crippen LogP contribution in [0.3, 0.4) is 0 Å². The standard InChI is InChI=1S/C20H26ClN5O3/c1-12(27)23-15-6-4-5-7-16(15)24-19-14(21)11-22-20(26-19)25-17-9-8-13(28-2)10-18(17)29-3/h8-11,15-16H,4-7H2,1-3H3,(H,23,27)(H2,22,24,25,26)/t15-,16-/m1/s1. The van der Waals surface area contributed by atoms with Gasteiger partial charge in [-0.2, -0.15) is 4.98 Å². The van der Waals surface area contributed by atoms with E-state index >= 15 is 0 Å². The average Bonchev–Trinajstić information content (AvgIpc) is 2.71. The molecule has 156 valence electrons. The lowest BCUT2D eigenvalue weighted by atomic mass is 9.90. The Bertz CT molecular complexity index is 864. The minimum Gasteiger partial charge on any atom is -0.497 e. The zero-order chi connectivity index (χ0) is 20.8. The number of aromatic nitrogens is 2. The van der Waals surface area contributed by atoms with Crippen LogP contribution >= 0.6 is 11.6 Å². The van der Waals surface area contributed by atoms with Gasteiger partial charge in [0, 0.05) is 25.1 Å². The van der Waals surface area contributed by atoms with Gasteiger partial charge in [0.15, 0.2) is 5.82 Å². The van der Waals surface area contributed by atoms with Crippen LogP contribution < -0.4 is 25.4 Å². The highest BCUT2D eigenvalue weighted by molar-refractivity contribution is 6.32. The van der Waals surface area contributed by atoms with Crippen LogP contribution in [0.4, 0.5) is 17.5 Å². The summed E-state index contributed by atoms with van der Waals surface area (Å²) in [6.07, 6.45) is 5.58. The molecule has 9 heteroatoms. The maximum absolute atomic E-state index is 11.5. The first kappa shape index (κ1) is 21.0. The Morgan fingerprint density at radius 3 is 2.62 bits per heavy atom. The topological polar surface area (TPSA) is 97.4 Å². The second-order valence-corrected chi connectivity index (χ2v) is 7.33. The number of anilines is 3. The Kier molecular flexibility index (Phi) is 6.98. The number of carbonyl (C=O) groups excluding carboxylic acids is 1. The molecule has 1 aliphatic rings. The molecule has 1 aromatic heterocycles. The summed E-state index contributed by atoms with van der Waals surface area (Å²) in [6.45, 7) is 1.54. The molecule has 29 heavy (non-hydrogen) atoms. The number of halogens is 1. The normalized spacial score (nSPS) is 18.6. The number of nitrogens with one attached hydrogen (secondary N) is 3. The van der Waals surface area contributed by atoms with Gasteiger partial charge in [-0.05, 0) is 25.0 Å². The minimum atomic E-state index is -0.0357. The Hall–Kier alpha value is -2.74. The minimum absolute atomic E-state index is 0.0357. The molecule has 1 saturated carbocycles. The Morgan fingerprint density at radius 1 is 1.17 bits per heavy atom. The van der Waals surface area contributed by atoms with E-state index in [1.165, 1.54) is 6.92 Å². The van der Waals surface area contributed by atoms with Crippen molar-refractivity contribution in [3.05, 3.63) is 29.4 Å². The van der Waals surface area contributed by atoms with Crippen molar-refractivity contribution in [2.45, 2.75) is 44.7 Å². The van der Waals surface area contributed by atoms with Gasteiger partial charge in [0.2, 0.25) is 11.9 Å². The smallest absolute Gasteiger partial charge is 0.229 e. The van der Waals surface area contributed by atoms with E-state index in [1.807, 2.05) is 12.1 Å². The van der Waals surface area contributed by atoms with Crippen molar-refractivity contribution in [2.24, 2.45) is 0 Å². The van der Waals surface area contributed by atoms with Gasteiger partial charge < -0.3 is 25.4 Å². The molecule has 0 spiro atoms. The van der Waals surface area contributed by atoms with E-state index in [1.54, 1.807) is 26.5 Å². The number of carbonyl (C=O) groups is 1. The number of amides is 1. The van der Waals surface area contributed by atoms with Crippen LogP contribution in [-0.4, -0.2) is 42.2 Å². The van der Waals surface area contributed by atoms with E-state index in [9.17, 15) is 4.79 Å². The van der Waals surface area contributed by atoms with E-state index in [2.05, 4.69) is 25.9 Å². The summed E-state index contributed by atoms with van der Waals surface area (Å²) in [5.74, 6) is 2.17. The summed E-state index contributed by atoms with van der Waals surface area (Å²) in [7, 11) is 3.18. The van der Waals surface area contributed by atoms with Gasteiger partial charge in [-0.15, -0.1) is 0 Å². The molecular formula is C20H26ClN5O3. The molecule has 1 fully saturated rings. The molecule has 0 unspecified atom stereocenters. The zero-order valence-corrected chi connectivity index (χ0v) is 17.5. The predicted octanol–water partition coefficient (Wildman–Crippen LogP) is 3.75. The summed E-state index contributed by atoms with van der Waals surface area (Å²) in [4.78, 5) is 20.3. The van der Waals surface area contributed by atoms with Crippen LogP contribution in [0.15, 0.2) is 24.4 Å². The Labute approximate surface area is 175 Å². The maximum Gasteiger partial charge on any atom is 0.229 e. The van der Waals surface area contributed by atoms with Crippen molar-refractivity contribution < 1.29 is 14.3 Å². The van der Waals surface area contributed by atoms with Crippen molar-refractivity contribution in [2.75, 3.05) is 24.9 Å². The lowest BCUT2D eigenvalue weighted by molar-refractivity contribution is -0.119. The molecule has 0 bridgehead atoms. The Morgan fingerprint density at radius 2 is 1.93 bits per heavy atom. The Balaban J connectivity index is 1.78. The van der Waals surface area contributed by atoms with Crippen LogP contribution in [0, 0.1) is 0 Å². The van der Waals surface area contributed by atoms with Crippen molar-refractivity contribution in [3.63, 3.8) is 0 Å². The highest BCUT2D eigenvalue weighted by Gasteiger charge is 2.26. The van der Waals surface area contributed by atoms with Gasteiger partial charge in [0.25, 0.3) is 0 Å². The summed E-state index contributed by atoms with van der Waals surface area (Å²) in [5.41, 5.74) is 0.704. The first-order chi connectivity index (χ1) is 14.0.